The van der Waals surface area contributed by atoms with E-state index >= 15 is 0 Å². The van der Waals surface area contributed by atoms with Crippen LogP contribution in [0.2, 0.25) is 5.02 Å². The quantitative estimate of drug-likeness (QED) is 0.861. The Morgan fingerprint density at radius 1 is 1.33 bits per heavy atom. The predicted molar refractivity (Wildman–Crippen MR) is 61.1 cm³/mol. The average molecular weight is 235 g/mol. The number of rotatable bonds is 2. The number of benzene rings is 1. The fourth-order valence-electron chi connectivity index (χ4n) is 1.15. The zero-order chi connectivity index (χ0) is 10.7. The van der Waals surface area contributed by atoms with E-state index < -0.39 is 0 Å². The maximum atomic E-state index is 8.66. The van der Waals surface area contributed by atoms with E-state index in [1.165, 1.54) is 0 Å². The van der Waals surface area contributed by atoms with Crippen LogP contribution in [0.4, 0.5) is 0 Å². The molecule has 0 saturated carbocycles. The molecule has 1 N–H and O–H groups in total. The van der Waals surface area contributed by atoms with Crippen LogP contribution < -0.4 is 0 Å². The summed E-state index contributed by atoms with van der Waals surface area (Å²) < 4.78 is 0. The predicted octanol–water partition coefficient (Wildman–Crippen LogP) is 3.69. The van der Waals surface area contributed by atoms with Gasteiger partial charge in [0.15, 0.2) is 0 Å². The second kappa shape index (κ2) is 4.43. The van der Waals surface area contributed by atoms with Crippen molar-refractivity contribution in [3.05, 3.63) is 47.1 Å². The van der Waals surface area contributed by atoms with Gasteiger partial charge in [-0.25, -0.2) is 0 Å². The van der Waals surface area contributed by atoms with Crippen molar-refractivity contribution in [1.82, 2.24) is 4.98 Å². The first-order valence-corrected chi connectivity index (χ1v) is 5.49. The summed E-state index contributed by atoms with van der Waals surface area (Å²) in [6, 6.07) is 11.5. The third kappa shape index (κ3) is 2.56. The van der Waals surface area contributed by atoms with Crippen LogP contribution in [0.1, 0.15) is 5.56 Å². The minimum Gasteiger partial charge on any atom is -0.355 e. The topological polar surface area (TPSA) is 39.6 Å². The van der Waals surface area contributed by atoms with Gasteiger partial charge in [-0.15, -0.1) is 0 Å². The van der Waals surface area contributed by atoms with Crippen LogP contribution in [0.25, 0.3) is 0 Å². The molecule has 2 aromatic rings. The number of halogens is 1. The lowest BCUT2D eigenvalue weighted by Gasteiger charge is -1.98. The summed E-state index contributed by atoms with van der Waals surface area (Å²) in [5.74, 6) is 0. The molecule has 15 heavy (non-hydrogen) atoms. The zero-order valence-corrected chi connectivity index (χ0v) is 9.27. The first-order valence-electron chi connectivity index (χ1n) is 4.30. The van der Waals surface area contributed by atoms with Gasteiger partial charge in [0.2, 0.25) is 0 Å². The van der Waals surface area contributed by atoms with Gasteiger partial charge in [0.25, 0.3) is 0 Å². The van der Waals surface area contributed by atoms with Crippen LogP contribution >= 0.6 is 23.4 Å². The van der Waals surface area contributed by atoms with E-state index in [1.807, 2.05) is 30.3 Å². The van der Waals surface area contributed by atoms with Crippen molar-refractivity contribution in [3.8, 4) is 6.07 Å². The van der Waals surface area contributed by atoms with Crippen LogP contribution in [0, 0.1) is 11.3 Å². The Morgan fingerprint density at radius 2 is 2.20 bits per heavy atom. The molecule has 2 nitrogen and oxygen atoms in total. The standard InChI is InChI=1S/C11H7ClN2S/c12-9-2-1-3-10(5-9)15-11-4-8(6-13)7-14-11/h1-5,7,14H. The Hall–Kier alpha value is -1.37. The summed E-state index contributed by atoms with van der Waals surface area (Å²) in [6.07, 6.45) is 1.69. The van der Waals surface area contributed by atoms with Crippen LogP contribution in [0.3, 0.4) is 0 Å². The van der Waals surface area contributed by atoms with E-state index in [0.717, 1.165) is 9.92 Å². The molecule has 1 aromatic carbocycles. The van der Waals surface area contributed by atoms with Crippen molar-refractivity contribution in [1.29, 1.82) is 5.26 Å². The minimum atomic E-state index is 0.638. The highest BCUT2D eigenvalue weighted by atomic mass is 35.5. The molecular formula is C11H7ClN2S. The van der Waals surface area contributed by atoms with Crippen molar-refractivity contribution < 1.29 is 0 Å². The Balaban J connectivity index is 2.19. The Bertz CT molecular complexity index is 513. The molecule has 74 valence electrons. The monoisotopic (exact) mass is 234 g/mol. The molecular weight excluding hydrogens is 228 g/mol. The molecule has 4 heteroatoms. The van der Waals surface area contributed by atoms with Gasteiger partial charge < -0.3 is 4.98 Å². The largest absolute Gasteiger partial charge is 0.355 e. The second-order valence-electron chi connectivity index (χ2n) is 2.92. The normalized spacial score (nSPS) is 9.87. The van der Waals surface area contributed by atoms with Crippen molar-refractivity contribution in [2.24, 2.45) is 0 Å². The highest BCUT2D eigenvalue weighted by molar-refractivity contribution is 7.99. The molecule has 0 aliphatic carbocycles. The number of aromatic nitrogens is 1. The SMILES string of the molecule is N#Cc1c[nH]c(Sc2cccc(Cl)c2)c1. The second-order valence-corrected chi connectivity index (χ2v) is 4.48. The fraction of sp³-hybridized carbons (Fsp3) is 0. The smallest absolute Gasteiger partial charge is 0.101 e. The first kappa shape index (κ1) is 10.2. The highest BCUT2D eigenvalue weighted by Gasteiger charge is 2.01. The minimum absolute atomic E-state index is 0.638. The Labute approximate surface area is 96.9 Å². The van der Waals surface area contributed by atoms with Crippen molar-refractivity contribution in [3.63, 3.8) is 0 Å². The lowest BCUT2D eigenvalue weighted by atomic mass is 10.4. The summed E-state index contributed by atoms with van der Waals surface area (Å²) in [4.78, 5) is 4.07. The molecule has 1 heterocycles. The summed E-state index contributed by atoms with van der Waals surface area (Å²) in [5.41, 5.74) is 0.638. The number of nitrogens with one attached hydrogen (secondary N) is 1. The van der Waals surface area contributed by atoms with E-state index in [4.69, 9.17) is 16.9 Å². The number of H-pyrrole nitrogens is 1. The first-order chi connectivity index (χ1) is 7.28. The molecule has 0 atom stereocenters. The maximum Gasteiger partial charge on any atom is 0.101 e. The van der Waals surface area contributed by atoms with Crippen LogP contribution in [-0.2, 0) is 0 Å². The molecule has 0 bridgehead atoms. The summed E-state index contributed by atoms with van der Waals surface area (Å²) >= 11 is 7.41. The highest BCUT2D eigenvalue weighted by Crippen LogP contribution is 2.28. The van der Waals surface area contributed by atoms with Crippen LogP contribution in [0.5, 0.6) is 0 Å². The van der Waals surface area contributed by atoms with Gasteiger partial charge in [-0.1, -0.05) is 29.4 Å². The van der Waals surface area contributed by atoms with Gasteiger partial charge >= 0.3 is 0 Å². The number of hydrogen-bond acceptors (Lipinski definition) is 2. The Morgan fingerprint density at radius 3 is 2.87 bits per heavy atom. The van der Waals surface area contributed by atoms with Gasteiger partial charge in [-0.05, 0) is 24.3 Å². The maximum absolute atomic E-state index is 8.66. The van der Waals surface area contributed by atoms with E-state index in [0.29, 0.717) is 10.6 Å². The van der Waals surface area contributed by atoms with Crippen molar-refractivity contribution in [2.75, 3.05) is 0 Å². The van der Waals surface area contributed by atoms with Gasteiger partial charge in [-0.3, -0.25) is 0 Å². The summed E-state index contributed by atoms with van der Waals surface area (Å²) in [6.45, 7) is 0. The number of aromatic amines is 1. The summed E-state index contributed by atoms with van der Waals surface area (Å²) in [7, 11) is 0. The van der Waals surface area contributed by atoms with Crippen molar-refractivity contribution in [2.45, 2.75) is 9.92 Å². The molecule has 0 saturated heterocycles. The number of nitriles is 1. The molecule has 0 fully saturated rings. The molecule has 0 unspecified atom stereocenters. The molecule has 0 spiro atoms. The average Bonchev–Trinajstić information content (AvgIpc) is 2.65. The third-order valence-corrected chi connectivity index (χ3v) is 2.99. The van der Waals surface area contributed by atoms with Gasteiger partial charge in [0, 0.05) is 16.1 Å². The Kier molecular flexibility index (Phi) is 3.00. The molecule has 0 aliphatic rings. The van der Waals surface area contributed by atoms with Gasteiger partial charge in [0.1, 0.15) is 6.07 Å². The van der Waals surface area contributed by atoms with E-state index in [1.54, 1.807) is 18.0 Å². The molecule has 2 rings (SSSR count). The van der Waals surface area contributed by atoms with E-state index in [-0.39, 0.29) is 0 Å². The summed E-state index contributed by atoms with van der Waals surface area (Å²) in [5, 5.41) is 10.3. The number of hydrogen-bond donors (Lipinski definition) is 1. The fourth-order valence-corrected chi connectivity index (χ4v) is 2.30. The molecule has 1 aromatic heterocycles. The molecule has 0 aliphatic heterocycles. The van der Waals surface area contributed by atoms with E-state index in [9.17, 15) is 0 Å². The van der Waals surface area contributed by atoms with Crippen molar-refractivity contribution >= 4 is 23.4 Å². The van der Waals surface area contributed by atoms with E-state index in [2.05, 4.69) is 11.1 Å². The third-order valence-electron chi connectivity index (χ3n) is 1.81. The lowest BCUT2D eigenvalue weighted by molar-refractivity contribution is 1.20. The van der Waals surface area contributed by atoms with Crippen LogP contribution in [-0.4, -0.2) is 4.98 Å². The van der Waals surface area contributed by atoms with Crippen LogP contribution in [0.15, 0.2) is 46.5 Å². The lowest BCUT2D eigenvalue weighted by Crippen LogP contribution is -1.72. The van der Waals surface area contributed by atoms with Gasteiger partial charge in [0.05, 0.1) is 10.6 Å². The molecule has 0 radical (unpaired) electrons. The van der Waals surface area contributed by atoms with Gasteiger partial charge in [-0.2, -0.15) is 5.26 Å². The molecule has 0 amide bonds. The number of nitrogens with zero attached hydrogens (tertiary/aromatic N) is 1. The zero-order valence-electron chi connectivity index (χ0n) is 7.70.